The van der Waals surface area contributed by atoms with E-state index in [9.17, 15) is 9.59 Å². The van der Waals surface area contributed by atoms with E-state index < -0.39 is 0 Å². The normalized spacial score (nSPS) is 10.4. The van der Waals surface area contributed by atoms with Crippen LogP contribution in [0.15, 0.2) is 30.3 Å². The van der Waals surface area contributed by atoms with Crippen molar-refractivity contribution in [3.8, 4) is 0 Å². The monoisotopic (exact) mass is 369 g/mol. The Bertz CT molecular complexity index is 801. The number of hydrogen-bond donors (Lipinski definition) is 2. The van der Waals surface area contributed by atoms with Crippen molar-refractivity contribution < 1.29 is 9.59 Å². The molecule has 1 aromatic heterocycles. The van der Waals surface area contributed by atoms with E-state index in [4.69, 9.17) is 0 Å². The van der Waals surface area contributed by atoms with Crippen LogP contribution in [-0.4, -0.2) is 34.9 Å². The van der Waals surface area contributed by atoms with Crippen LogP contribution in [0.3, 0.4) is 0 Å². The number of hydrogen-bond acceptors (Lipinski definition) is 5. The Morgan fingerprint density at radius 3 is 2.22 bits per heavy atom. The minimum atomic E-state index is -0.310. The molecule has 1 heterocycles. The fourth-order valence-electron chi connectivity index (χ4n) is 2.74. The molecule has 0 spiro atoms. The highest BCUT2D eigenvalue weighted by Crippen LogP contribution is 2.17. The second-order valence-electron chi connectivity index (χ2n) is 6.40. The fourth-order valence-corrected chi connectivity index (χ4v) is 2.74. The molecule has 0 aliphatic heterocycles. The number of amides is 2. The van der Waals surface area contributed by atoms with Gasteiger partial charge in [-0.15, -0.1) is 0 Å². The van der Waals surface area contributed by atoms with E-state index in [1.165, 1.54) is 6.92 Å². The second-order valence-corrected chi connectivity index (χ2v) is 6.40. The zero-order valence-electron chi connectivity index (χ0n) is 16.4. The van der Waals surface area contributed by atoms with Gasteiger partial charge in [-0.2, -0.15) is 0 Å². The van der Waals surface area contributed by atoms with Gasteiger partial charge in [-0.3, -0.25) is 9.59 Å². The summed E-state index contributed by atoms with van der Waals surface area (Å²) in [4.78, 5) is 34.9. The van der Waals surface area contributed by atoms with Crippen molar-refractivity contribution in [2.24, 2.45) is 0 Å². The Labute approximate surface area is 160 Å². The van der Waals surface area contributed by atoms with E-state index in [2.05, 4.69) is 39.3 Å². The Morgan fingerprint density at radius 2 is 1.63 bits per heavy atom. The molecule has 27 heavy (non-hydrogen) atoms. The summed E-state index contributed by atoms with van der Waals surface area (Å²) >= 11 is 0. The van der Waals surface area contributed by atoms with Crippen LogP contribution in [0.4, 0.5) is 17.3 Å². The molecule has 0 atom stereocenters. The van der Waals surface area contributed by atoms with Crippen molar-refractivity contribution in [3.05, 3.63) is 41.7 Å². The predicted octanol–water partition coefficient (Wildman–Crippen LogP) is 3.62. The topological polar surface area (TPSA) is 87.2 Å². The van der Waals surface area contributed by atoms with Crippen LogP contribution in [0.5, 0.6) is 0 Å². The number of carbonyl (C=O) groups excluding carboxylic acids is 2. The van der Waals surface area contributed by atoms with Crippen LogP contribution >= 0.6 is 0 Å². The minimum absolute atomic E-state index is 0.165. The molecule has 7 nitrogen and oxygen atoms in total. The third-order valence-corrected chi connectivity index (χ3v) is 3.79. The van der Waals surface area contributed by atoms with Crippen LogP contribution in [0.25, 0.3) is 0 Å². The van der Waals surface area contributed by atoms with Crippen molar-refractivity contribution >= 4 is 29.1 Å². The second kappa shape index (κ2) is 9.66. The van der Waals surface area contributed by atoms with Crippen molar-refractivity contribution in [1.29, 1.82) is 0 Å². The molecule has 2 N–H and O–H groups in total. The van der Waals surface area contributed by atoms with Gasteiger partial charge in [-0.1, -0.05) is 19.9 Å². The Balaban J connectivity index is 2.22. The maximum absolute atomic E-state index is 12.7. The Hall–Kier alpha value is -2.96. The van der Waals surface area contributed by atoms with Crippen LogP contribution in [0.2, 0.25) is 0 Å². The highest BCUT2D eigenvalue weighted by atomic mass is 16.2. The number of carbonyl (C=O) groups is 2. The summed E-state index contributed by atoms with van der Waals surface area (Å²) in [7, 11) is 0. The number of aromatic nitrogens is 2. The first kappa shape index (κ1) is 20.4. The quantitative estimate of drug-likeness (QED) is 0.742. The number of rotatable bonds is 8. The zero-order chi connectivity index (χ0) is 19.8. The maximum atomic E-state index is 12.7. The van der Waals surface area contributed by atoms with Crippen molar-refractivity contribution in [1.82, 2.24) is 9.97 Å². The van der Waals surface area contributed by atoms with Crippen LogP contribution in [-0.2, 0) is 4.79 Å². The van der Waals surface area contributed by atoms with Gasteiger partial charge in [-0.25, -0.2) is 9.97 Å². The highest BCUT2D eigenvalue weighted by Gasteiger charge is 2.15. The van der Waals surface area contributed by atoms with Crippen molar-refractivity contribution in [3.63, 3.8) is 0 Å². The first-order chi connectivity index (χ1) is 12.9. The Kier molecular flexibility index (Phi) is 7.28. The highest BCUT2D eigenvalue weighted by molar-refractivity contribution is 6.03. The third-order valence-electron chi connectivity index (χ3n) is 3.79. The van der Waals surface area contributed by atoms with E-state index in [1.54, 1.807) is 30.3 Å². The molecule has 144 valence electrons. The number of aryl methyl sites for hydroxylation is 1. The molecule has 2 aromatic rings. The summed E-state index contributed by atoms with van der Waals surface area (Å²) in [5, 5.41) is 5.53. The molecule has 7 heteroatoms. The van der Waals surface area contributed by atoms with Crippen LogP contribution < -0.4 is 15.5 Å². The lowest BCUT2D eigenvalue weighted by molar-refractivity contribution is -0.114. The van der Waals surface area contributed by atoms with Gasteiger partial charge in [0.2, 0.25) is 11.9 Å². The number of nitrogens with one attached hydrogen (secondary N) is 2. The summed E-state index contributed by atoms with van der Waals surface area (Å²) < 4.78 is 0. The average molecular weight is 369 g/mol. The van der Waals surface area contributed by atoms with E-state index in [0.29, 0.717) is 23.0 Å². The van der Waals surface area contributed by atoms with Crippen molar-refractivity contribution in [2.75, 3.05) is 28.6 Å². The van der Waals surface area contributed by atoms with Crippen LogP contribution in [0, 0.1) is 6.92 Å². The molecule has 1 aromatic carbocycles. The molecule has 0 saturated heterocycles. The molecule has 0 aliphatic rings. The molecule has 0 radical (unpaired) electrons. The smallest absolute Gasteiger partial charge is 0.274 e. The SMILES string of the molecule is CCCN(CCC)c1nc(C)cc(C(=O)Nc2cccc(NC(C)=O)c2)n1. The van der Waals surface area contributed by atoms with E-state index in [1.807, 2.05) is 6.92 Å². The molecular formula is C20H27N5O2. The van der Waals surface area contributed by atoms with Crippen molar-refractivity contribution in [2.45, 2.75) is 40.5 Å². The summed E-state index contributed by atoms with van der Waals surface area (Å²) in [5.41, 5.74) is 2.27. The largest absolute Gasteiger partial charge is 0.341 e. The average Bonchev–Trinajstić information content (AvgIpc) is 2.60. The number of nitrogens with zero attached hydrogens (tertiary/aromatic N) is 3. The molecule has 0 bridgehead atoms. The maximum Gasteiger partial charge on any atom is 0.274 e. The molecular weight excluding hydrogens is 342 g/mol. The van der Waals surface area contributed by atoms with Gasteiger partial charge in [0.1, 0.15) is 5.69 Å². The molecule has 0 aliphatic carbocycles. The lowest BCUT2D eigenvalue weighted by atomic mass is 10.2. The number of anilines is 3. The summed E-state index contributed by atoms with van der Waals surface area (Å²) in [6, 6.07) is 8.67. The van der Waals surface area contributed by atoms with E-state index >= 15 is 0 Å². The predicted molar refractivity (Wildman–Crippen MR) is 108 cm³/mol. The summed E-state index contributed by atoms with van der Waals surface area (Å²) in [5.74, 6) is 0.104. The van der Waals surface area contributed by atoms with Gasteiger partial charge >= 0.3 is 0 Å². The standard InChI is InChI=1S/C20H27N5O2/c1-5-10-25(11-6-2)20-21-14(3)12-18(24-20)19(27)23-17-9-7-8-16(13-17)22-15(4)26/h7-9,12-13H,5-6,10-11H2,1-4H3,(H,22,26)(H,23,27). The van der Waals surface area contributed by atoms with Gasteiger partial charge in [0.25, 0.3) is 5.91 Å². The minimum Gasteiger partial charge on any atom is -0.341 e. The van der Waals surface area contributed by atoms with Gasteiger partial charge in [-0.05, 0) is 44.0 Å². The van der Waals surface area contributed by atoms with Gasteiger partial charge in [0.05, 0.1) is 0 Å². The summed E-state index contributed by atoms with van der Waals surface area (Å²) in [6.45, 7) is 9.20. The third kappa shape index (κ3) is 6.06. The molecule has 2 amide bonds. The van der Waals surface area contributed by atoms with Gasteiger partial charge in [0.15, 0.2) is 0 Å². The van der Waals surface area contributed by atoms with Gasteiger partial charge in [0, 0.05) is 37.1 Å². The zero-order valence-corrected chi connectivity index (χ0v) is 16.4. The van der Waals surface area contributed by atoms with E-state index in [0.717, 1.165) is 31.6 Å². The lowest BCUT2D eigenvalue weighted by Gasteiger charge is -2.22. The molecule has 2 rings (SSSR count). The first-order valence-electron chi connectivity index (χ1n) is 9.22. The Morgan fingerprint density at radius 1 is 1.00 bits per heavy atom. The van der Waals surface area contributed by atoms with E-state index in [-0.39, 0.29) is 11.8 Å². The molecule has 0 unspecified atom stereocenters. The molecule has 0 saturated carbocycles. The summed E-state index contributed by atoms with van der Waals surface area (Å²) in [6.07, 6.45) is 1.96. The number of benzene rings is 1. The van der Waals surface area contributed by atoms with Gasteiger partial charge < -0.3 is 15.5 Å². The first-order valence-corrected chi connectivity index (χ1v) is 9.22. The fraction of sp³-hybridized carbons (Fsp3) is 0.400. The lowest BCUT2D eigenvalue weighted by Crippen LogP contribution is -2.28. The van der Waals surface area contributed by atoms with Crippen LogP contribution in [0.1, 0.15) is 49.8 Å². The molecule has 0 fully saturated rings.